The lowest BCUT2D eigenvalue weighted by molar-refractivity contribution is 0.475. The van der Waals surface area contributed by atoms with Crippen molar-refractivity contribution < 1.29 is 5.11 Å². The molecular formula is C18H31NO. The van der Waals surface area contributed by atoms with E-state index in [0.717, 1.165) is 32.1 Å². The molecule has 0 fully saturated rings. The summed E-state index contributed by atoms with van der Waals surface area (Å²) in [5.41, 5.74) is 10.7. The smallest absolute Gasteiger partial charge is 0.139 e. The number of aryl methyl sites for hydroxylation is 1. The summed E-state index contributed by atoms with van der Waals surface area (Å²) in [4.78, 5) is 0. The minimum Gasteiger partial charge on any atom is -0.506 e. The van der Waals surface area contributed by atoms with Crippen LogP contribution in [0.15, 0.2) is 6.07 Å². The fraction of sp³-hybridized carbons (Fsp3) is 0.667. The van der Waals surface area contributed by atoms with Crippen LogP contribution in [0.4, 0.5) is 5.69 Å². The minimum atomic E-state index is 0.280. The van der Waals surface area contributed by atoms with Gasteiger partial charge in [0, 0.05) is 0 Å². The van der Waals surface area contributed by atoms with Crippen molar-refractivity contribution in [2.24, 2.45) is 0 Å². The number of anilines is 1. The van der Waals surface area contributed by atoms with Gasteiger partial charge in [-0.25, -0.2) is 0 Å². The zero-order valence-electron chi connectivity index (χ0n) is 13.5. The Morgan fingerprint density at radius 3 is 1.90 bits per heavy atom. The average Bonchev–Trinajstić information content (AvgIpc) is 2.45. The lowest BCUT2D eigenvalue weighted by atomic mass is 9.89. The Bertz CT molecular complexity index is 412. The molecule has 2 heteroatoms. The molecule has 0 atom stereocenters. The molecular weight excluding hydrogens is 246 g/mol. The van der Waals surface area contributed by atoms with Gasteiger partial charge in [0.05, 0.1) is 5.69 Å². The van der Waals surface area contributed by atoms with E-state index >= 15 is 0 Å². The Kier molecular flexibility index (Phi) is 7.50. The Morgan fingerprint density at radius 1 is 0.850 bits per heavy atom. The van der Waals surface area contributed by atoms with Crippen molar-refractivity contribution in [1.82, 2.24) is 0 Å². The van der Waals surface area contributed by atoms with Crippen LogP contribution in [-0.4, -0.2) is 5.11 Å². The molecule has 0 radical (unpaired) electrons. The highest BCUT2D eigenvalue weighted by Gasteiger charge is 2.15. The maximum Gasteiger partial charge on any atom is 0.139 e. The first-order valence-corrected chi connectivity index (χ1v) is 8.27. The molecule has 3 N–H and O–H groups in total. The lowest BCUT2D eigenvalue weighted by Crippen LogP contribution is -2.06. The molecule has 20 heavy (non-hydrogen) atoms. The zero-order valence-corrected chi connectivity index (χ0v) is 13.5. The van der Waals surface area contributed by atoms with Crippen LogP contribution in [0.1, 0.15) is 76.0 Å². The fourth-order valence-corrected chi connectivity index (χ4v) is 2.74. The van der Waals surface area contributed by atoms with E-state index in [1.165, 1.54) is 42.4 Å². The molecule has 0 aromatic heterocycles. The van der Waals surface area contributed by atoms with Crippen LogP contribution in [0.25, 0.3) is 0 Å². The Balaban J connectivity index is 3.15. The van der Waals surface area contributed by atoms with Crippen LogP contribution in [-0.2, 0) is 19.3 Å². The van der Waals surface area contributed by atoms with Crippen molar-refractivity contribution in [3.05, 3.63) is 22.8 Å². The van der Waals surface area contributed by atoms with Gasteiger partial charge in [0.25, 0.3) is 0 Å². The average molecular weight is 277 g/mol. The Labute approximate surface area is 124 Å². The van der Waals surface area contributed by atoms with Gasteiger partial charge < -0.3 is 10.8 Å². The van der Waals surface area contributed by atoms with Crippen molar-refractivity contribution in [1.29, 1.82) is 0 Å². The standard InChI is InChI=1S/C18H31NO/c1-4-7-10-14-13-17(20)18(19)16(12-9-6-3)15(14)11-8-5-2/h13,20H,4-12,19H2,1-3H3. The molecule has 0 aliphatic heterocycles. The minimum absolute atomic E-state index is 0.280. The molecule has 1 aromatic rings. The topological polar surface area (TPSA) is 46.2 Å². The highest BCUT2D eigenvalue weighted by Crippen LogP contribution is 2.33. The molecule has 2 nitrogen and oxygen atoms in total. The predicted octanol–water partition coefficient (Wildman–Crippen LogP) is 5.00. The van der Waals surface area contributed by atoms with Gasteiger partial charge in [-0.05, 0) is 61.3 Å². The van der Waals surface area contributed by atoms with Gasteiger partial charge in [-0.15, -0.1) is 0 Å². The summed E-state index contributed by atoms with van der Waals surface area (Å²) in [6.45, 7) is 6.63. The number of hydrogen-bond donors (Lipinski definition) is 2. The molecule has 0 heterocycles. The van der Waals surface area contributed by atoms with Crippen LogP contribution in [0.3, 0.4) is 0 Å². The second-order valence-electron chi connectivity index (χ2n) is 5.74. The lowest BCUT2D eigenvalue weighted by Gasteiger charge is -2.18. The first kappa shape index (κ1) is 16.9. The number of hydrogen-bond acceptors (Lipinski definition) is 2. The number of unbranched alkanes of at least 4 members (excludes halogenated alkanes) is 3. The molecule has 0 unspecified atom stereocenters. The summed E-state index contributed by atoms with van der Waals surface area (Å²) in [7, 11) is 0. The normalized spacial score (nSPS) is 10.9. The first-order valence-electron chi connectivity index (χ1n) is 8.27. The van der Waals surface area contributed by atoms with Crippen molar-refractivity contribution in [3.63, 3.8) is 0 Å². The summed E-state index contributed by atoms with van der Waals surface area (Å²) in [6, 6.07) is 1.91. The van der Waals surface area contributed by atoms with Crippen molar-refractivity contribution >= 4 is 5.69 Å². The largest absolute Gasteiger partial charge is 0.506 e. The third-order valence-corrected chi connectivity index (χ3v) is 4.02. The molecule has 0 saturated heterocycles. The molecule has 0 aliphatic rings. The number of phenolic OH excluding ortho intramolecular Hbond substituents is 1. The van der Waals surface area contributed by atoms with Gasteiger partial charge in [0.1, 0.15) is 5.75 Å². The zero-order chi connectivity index (χ0) is 15.0. The van der Waals surface area contributed by atoms with Gasteiger partial charge in [-0.2, -0.15) is 0 Å². The molecule has 114 valence electrons. The molecule has 0 saturated carbocycles. The maximum atomic E-state index is 10.1. The van der Waals surface area contributed by atoms with Gasteiger partial charge in [-0.3, -0.25) is 0 Å². The number of benzene rings is 1. The first-order chi connectivity index (χ1) is 9.65. The van der Waals surface area contributed by atoms with Gasteiger partial charge in [0.15, 0.2) is 0 Å². The van der Waals surface area contributed by atoms with E-state index in [2.05, 4.69) is 20.8 Å². The maximum absolute atomic E-state index is 10.1. The van der Waals surface area contributed by atoms with E-state index in [1.807, 2.05) is 6.07 Å². The molecule has 0 amide bonds. The third-order valence-electron chi connectivity index (χ3n) is 4.02. The van der Waals surface area contributed by atoms with Crippen molar-refractivity contribution in [2.45, 2.75) is 78.6 Å². The van der Waals surface area contributed by atoms with E-state index in [1.54, 1.807) is 0 Å². The fourth-order valence-electron chi connectivity index (χ4n) is 2.74. The molecule has 0 spiro atoms. The highest BCUT2D eigenvalue weighted by atomic mass is 16.3. The number of nitrogen functional groups attached to an aromatic ring is 1. The van der Waals surface area contributed by atoms with Crippen molar-refractivity contribution in [2.75, 3.05) is 5.73 Å². The van der Waals surface area contributed by atoms with Crippen LogP contribution < -0.4 is 5.73 Å². The summed E-state index contributed by atoms with van der Waals surface area (Å²) in [5.74, 6) is 0.280. The summed E-state index contributed by atoms with van der Waals surface area (Å²) < 4.78 is 0. The SMILES string of the molecule is CCCCc1cc(O)c(N)c(CCCC)c1CCCC. The number of rotatable bonds is 9. The Morgan fingerprint density at radius 2 is 1.35 bits per heavy atom. The van der Waals surface area contributed by atoms with E-state index in [-0.39, 0.29) is 5.75 Å². The van der Waals surface area contributed by atoms with E-state index in [9.17, 15) is 5.11 Å². The molecule has 1 aromatic carbocycles. The molecule has 0 aliphatic carbocycles. The van der Waals surface area contributed by atoms with Gasteiger partial charge >= 0.3 is 0 Å². The van der Waals surface area contributed by atoms with E-state index < -0.39 is 0 Å². The van der Waals surface area contributed by atoms with E-state index in [0.29, 0.717) is 5.69 Å². The molecule has 0 bridgehead atoms. The summed E-state index contributed by atoms with van der Waals surface area (Å²) >= 11 is 0. The third kappa shape index (κ3) is 4.43. The van der Waals surface area contributed by atoms with Crippen molar-refractivity contribution in [3.8, 4) is 5.75 Å². The number of nitrogens with two attached hydrogens (primary N) is 1. The number of phenols is 1. The quantitative estimate of drug-likeness (QED) is 0.492. The van der Waals surface area contributed by atoms with Gasteiger partial charge in [-0.1, -0.05) is 40.0 Å². The van der Waals surface area contributed by atoms with Crippen LogP contribution in [0.5, 0.6) is 5.75 Å². The predicted molar refractivity (Wildman–Crippen MR) is 88.4 cm³/mol. The molecule has 1 rings (SSSR count). The van der Waals surface area contributed by atoms with Crippen LogP contribution in [0, 0.1) is 0 Å². The number of aromatic hydroxyl groups is 1. The van der Waals surface area contributed by atoms with Crippen LogP contribution >= 0.6 is 0 Å². The van der Waals surface area contributed by atoms with Crippen LogP contribution in [0.2, 0.25) is 0 Å². The Hall–Kier alpha value is -1.18. The van der Waals surface area contributed by atoms with E-state index in [4.69, 9.17) is 5.73 Å². The summed E-state index contributed by atoms with van der Waals surface area (Å²) in [5, 5.41) is 10.1. The second-order valence-corrected chi connectivity index (χ2v) is 5.74. The summed E-state index contributed by atoms with van der Waals surface area (Å²) in [6.07, 6.45) is 10.2. The van der Waals surface area contributed by atoms with Gasteiger partial charge in [0.2, 0.25) is 0 Å². The monoisotopic (exact) mass is 277 g/mol. The highest BCUT2D eigenvalue weighted by molar-refractivity contribution is 5.63. The second kappa shape index (κ2) is 8.89.